The van der Waals surface area contributed by atoms with Crippen molar-refractivity contribution in [3.05, 3.63) is 0 Å². The van der Waals surface area contributed by atoms with E-state index in [-0.39, 0.29) is 12.0 Å². The van der Waals surface area contributed by atoms with E-state index in [2.05, 4.69) is 19.2 Å². The molecule has 0 aromatic heterocycles. The van der Waals surface area contributed by atoms with E-state index in [1.807, 2.05) is 0 Å². The van der Waals surface area contributed by atoms with Gasteiger partial charge >= 0.3 is 0 Å². The molecule has 0 amide bonds. The van der Waals surface area contributed by atoms with Crippen LogP contribution >= 0.6 is 0 Å². The zero-order chi connectivity index (χ0) is 11.5. The molecule has 0 bridgehead atoms. The van der Waals surface area contributed by atoms with Gasteiger partial charge in [0.05, 0.1) is 6.61 Å². The minimum atomic E-state index is -0.184. The molecule has 1 saturated heterocycles. The van der Waals surface area contributed by atoms with Gasteiger partial charge in [-0.25, -0.2) is 0 Å². The zero-order valence-electron chi connectivity index (χ0n) is 10.4. The highest BCUT2D eigenvalue weighted by Crippen LogP contribution is 2.34. The zero-order valence-corrected chi connectivity index (χ0v) is 10.4. The minimum Gasteiger partial charge on any atom is -0.368 e. The van der Waals surface area contributed by atoms with Crippen molar-refractivity contribution in [3.8, 4) is 0 Å². The Hall–Kier alpha value is -0.410. The number of nitrogens with one attached hydrogen (secondary N) is 1. The van der Waals surface area contributed by atoms with E-state index in [0.717, 1.165) is 19.4 Å². The molecule has 3 heteroatoms. The lowest BCUT2D eigenvalue weighted by Crippen LogP contribution is -2.46. The number of carbonyl (C=O) groups is 1. The highest BCUT2D eigenvalue weighted by atomic mass is 16.5. The van der Waals surface area contributed by atoms with Crippen molar-refractivity contribution in [2.75, 3.05) is 19.7 Å². The SMILES string of the molecule is CC1CC(C)CC(C(=O)C2CNCCO2)C1. The maximum Gasteiger partial charge on any atom is 0.165 e. The van der Waals surface area contributed by atoms with E-state index in [1.165, 1.54) is 6.42 Å². The lowest BCUT2D eigenvalue weighted by Gasteiger charge is -2.33. The molecule has 1 heterocycles. The maximum atomic E-state index is 12.3. The summed E-state index contributed by atoms with van der Waals surface area (Å²) >= 11 is 0. The van der Waals surface area contributed by atoms with Crippen LogP contribution in [0.5, 0.6) is 0 Å². The second kappa shape index (κ2) is 5.28. The predicted molar refractivity (Wildman–Crippen MR) is 63.3 cm³/mol. The number of carbonyl (C=O) groups excluding carboxylic acids is 1. The van der Waals surface area contributed by atoms with Gasteiger partial charge in [-0.1, -0.05) is 13.8 Å². The van der Waals surface area contributed by atoms with Crippen molar-refractivity contribution in [2.24, 2.45) is 17.8 Å². The van der Waals surface area contributed by atoms with Gasteiger partial charge in [-0.2, -0.15) is 0 Å². The van der Waals surface area contributed by atoms with Crippen molar-refractivity contribution < 1.29 is 9.53 Å². The fourth-order valence-electron chi connectivity index (χ4n) is 3.19. The van der Waals surface area contributed by atoms with Gasteiger partial charge in [0, 0.05) is 19.0 Å². The molecular formula is C13H23NO2. The van der Waals surface area contributed by atoms with E-state index >= 15 is 0 Å². The summed E-state index contributed by atoms with van der Waals surface area (Å²) < 4.78 is 5.55. The van der Waals surface area contributed by atoms with Crippen molar-refractivity contribution in [1.29, 1.82) is 0 Å². The second-order valence-electron chi connectivity index (χ2n) is 5.58. The Kier molecular flexibility index (Phi) is 3.98. The monoisotopic (exact) mass is 225 g/mol. The fraction of sp³-hybridized carbons (Fsp3) is 0.923. The number of rotatable bonds is 2. The van der Waals surface area contributed by atoms with Crippen LogP contribution in [0.1, 0.15) is 33.1 Å². The highest BCUT2D eigenvalue weighted by Gasteiger charge is 2.33. The average molecular weight is 225 g/mol. The predicted octanol–water partition coefficient (Wildman–Crippen LogP) is 1.62. The highest BCUT2D eigenvalue weighted by molar-refractivity contribution is 5.85. The first-order valence-corrected chi connectivity index (χ1v) is 6.53. The van der Waals surface area contributed by atoms with E-state index < -0.39 is 0 Å². The number of ketones is 1. The summed E-state index contributed by atoms with van der Waals surface area (Å²) in [5, 5.41) is 3.23. The lowest BCUT2D eigenvalue weighted by atomic mass is 9.74. The molecule has 3 unspecified atom stereocenters. The summed E-state index contributed by atoms with van der Waals surface area (Å²) in [4.78, 5) is 12.3. The lowest BCUT2D eigenvalue weighted by molar-refractivity contribution is -0.138. The average Bonchev–Trinajstić information content (AvgIpc) is 2.28. The third-order valence-corrected chi connectivity index (χ3v) is 3.83. The summed E-state index contributed by atoms with van der Waals surface area (Å²) in [5.41, 5.74) is 0. The molecule has 1 aliphatic carbocycles. The molecule has 0 aromatic rings. The molecule has 3 nitrogen and oxygen atoms in total. The van der Waals surface area contributed by atoms with Gasteiger partial charge in [0.25, 0.3) is 0 Å². The molecule has 1 N–H and O–H groups in total. The van der Waals surface area contributed by atoms with Crippen LogP contribution in [0.3, 0.4) is 0 Å². The molecule has 2 aliphatic rings. The molecular weight excluding hydrogens is 202 g/mol. The molecule has 0 spiro atoms. The van der Waals surface area contributed by atoms with Gasteiger partial charge in [-0.3, -0.25) is 4.79 Å². The first-order chi connectivity index (χ1) is 7.66. The van der Waals surface area contributed by atoms with Crippen LogP contribution in [0.25, 0.3) is 0 Å². The van der Waals surface area contributed by atoms with E-state index in [0.29, 0.717) is 30.8 Å². The van der Waals surface area contributed by atoms with E-state index in [9.17, 15) is 4.79 Å². The van der Waals surface area contributed by atoms with Gasteiger partial charge in [-0.15, -0.1) is 0 Å². The van der Waals surface area contributed by atoms with Crippen molar-refractivity contribution in [3.63, 3.8) is 0 Å². The van der Waals surface area contributed by atoms with Gasteiger partial charge in [0.2, 0.25) is 0 Å². The number of Topliss-reactive ketones (excluding diaryl/α,β-unsaturated/α-hetero) is 1. The van der Waals surface area contributed by atoms with Crippen LogP contribution in [0.15, 0.2) is 0 Å². The summed E-state index contributed by atoms with van der Waals surface area (Å²) in [6, 6.07) is 0. The van der Waals surface area contributed by atoms with Gasteiger partial charge in [-0.05, 0) is 31.1 Å². The molecule has 2 rings (SSSR count). The molecule has 1 saturated carbocycles. The molecule has 0 aromatic carbocycles. The standard InChI is InChI=1S/C13H23NO2/c1-9-5-10(2)7-11(6-9)13(15)12-8-14-3-4-16-12/h9-12,14H,3-8H2,1-2H3. The molecule has 92 valence electrons. The Morgan fingerprint density at radius 1 is 1.19 bits per heavy atom. The molecule has 0 radical (unpaired) electrons. The van der Waals surface area contributed by atoms with E-state index in [1.54, 1.807) is 0 Å². The summed E-state index contributed by atoms with van der Waals surface area (Å²) in [5.74, 6) is 1.96. The van der Waals surface area contributed by atoms with Crippen LogP contribution in [-0.2, 0) is 9.53 Å². The smallest absolute Gasteiger partial charge is 0.165 e. The van der Waals surface area contributed by atoms with Crippen LogP contribution in [0.4, 0.5) is 0 Å². The Labute approximate surface area is 97.9 Å². The van der Waals surface area contributed by atoms with Crippen molar-refractivity contribution >= 4 is 5.78 Å². The third kappa shape index (κ3) is 2.83. The topological polar surface area (TPSA) is 38.3 Å². The Bertz CT molecular complexity index is 238. The Morgan fingerprint density at radius 2 is 1.88 bits per heavy atom. The third-order valence-electron chi connectivity index (χ3n) is 3.83. The molecule has 1 aliphatic heterocycles. The maximum absolute atomic E-state index is 12.3. The van der Waals surface area contributed by atoms with Crippen LogP contribution in [-0.4, -0.2) is 31.6 Å². The van der Waals surface area contributed by atoms with Crippen LogP contribution in [0, 0.1) is 17.8 Å². The van der Waals surface area contributed by atoms with Crippen molar-refractivity contribution in [1.82, 2.24) is 5.32 Å². The second-order valence-corrected chi connectivity index (χ2v) is 5.58. The quantitative estimate of drug-likeness (QED) is 0.776. The fourth-order valence-corrected chi connectivity index (χ4v) is 3.19. The number of hydrogen-bond donors (Lipinski definition) is 1. The summed E-state index contributed by atoms with van der Waals surface area (Å²) in [6.07, 6.45) is 3.20. The molecule has 2 fully saturated rings. The van der Waals surface area contributed by atoms with Gasteiger partial charge in [0.1, 0.15) is 6.10 Å². The summed E-state index contributed by atoms with van der Waals surface area (Å²) in [7, 11) is 0. The number of hydrogen-bond acceptors (Lipinski definition) is 3. The van der Waals surface area contributed by atoms with Crippen LogP contribution in [0.2, 0.25) is 0 Å². The molecule has 3 atom stereocenters. The van der Waals surface area contributed by atoms with Crippen molar-refractivity contribution in [2.45, 2.75) is 39.2 Å². The Morgan fingerprint density at radius 3 is 2.44 bits per heavy atom. The normalized spacial score (nSPS) is 40.6. The summed E-state index contributed by atoms with van der Waals surface area (Å²) in [6.45, 7) is 6.78. The van der Waals surface area contributed by atoms with Gasteiger partial charge < -0.3 is 10.1 Å². The number of morpholine rings is 1. The first-order valence-electron chi connectivity index (χ1n) is 6.53. The van der Waals surface area contributed by atoms with E-state index in [4.69, 9.17) is 4.74 Å². The van der Waals surface area contributed by atoms with Gasteiger partial charge in [0.15, 0.2) is 5.78 Å². The first kappa shape index (κ1) is 12.1. The molecule has 16 heavy (non-hydrogen) atoms. The number of ether oxygens (including phenoxy) is 1. The largest absolute Gasteiger partial charge is 0.368 e. The minimum absolute atomic E-state index is 0.184. The van der Waals surface area contributed by atoms with Crippen LogP contribution < -0.4 is 5.32 Å². The Balaban J connectivity index is 1.92.